The van der Waals surface area contributed by atoms with Crippen LogP contribution in [0.2, 0.25) is 10.0 Å². The molecule has 0 aliphatic heterocycles. The fourth-order valence-corrected chi connectivity index (χ4v) is 5.89. The van der Waals surface area contributed by atoms with E-state index in [2.05, 4.69) is 21.2 Å². The van der Waals surface area contributed by atoms with E-state index in [-0.39, 0.29) is 15.5 Å². The van der Waals surface area contributed by atoms with Gasteiger partial charge in [0.15, 0.2) is 0 Å². The largest absolute Gasteiger partial charge is 0.324 e. The Balaban J connectivity index is 1.99. The van der Waals surface area contributed by atoms with Crippen LogP contribution in [0.4, 0.5) is 10.1 Å². The molecule has 0 aromatic heterocycles. The highest BCUT2D eigenvalue weighted by molar-refractivity contribution is 9.10. The van der Waals surface area contributed by atoms with Gasteiger partial charge in [-0.3, -0.25) is 4.79 Å². The predicted molar refractivity (Wildman–Crippen MR) is 142 cm³/mol. The first-order chi connectivity index (χ1) is 16.6. The molecule has 186 valence electrons. The van der Waals surface area contributed by atoms with E-state index >= 15 is 0 Å². The number of anilines is 1. The van der Waals surface area contributed by atoms with Crippen LogP contribution < -0.4 is 5.32 Å². The molecule has 1 amide bonds. The molecular weight excluding hydrogens is 578 g/mol. The fourth-order valence-electron chi connectivity index (χ4n) is 3.62. The first kappa shape index (κ1) is 27.6. The number of hydrogen-bond acceptors (Lipinski definition) is 3. The van der Waals surface area contributed by atoms with Gasteiger partial charge in [0.25, 0.3) is 0 Å². The van der Waals surface area contributed by atoms with E-state index in [0.717, 1.165) is 19.9 Å². The molecule has 3 aromatic rings. The Hall–Kier alpha value is -1.97. The van der Waals surface area contributed by atoms with Crippen LogP contribution in [0.1, 0.15) is 30.5 Å². The molecule has 5 nitrogen and oxygen atoms in total. The minimum atomic E-state index is -4.19. The van der Waals surface area contributed by atoms with Gasteiger partial charge in [0.1, 0.15) is 5.82 Å². The van der Waals surface area contributed by atoms with E-state index in [1.807, 2.05) is 26.0 Å². The number of carbonyl (C=O) groups is 1. The molecule has 35 heavy (non-hydrogen) atoms. The van der Waals surface area contributed by atoms with Gasteiger partial charge in [0.05, 0.1) is 11.4 Å². The summed E-state index contributed by atoms with van der Waals surface area (Å²) in [5.74, 6) is -1.22. The van der Waals surface area contributed by atoms with Gasteiger partial charge in [-0.15, -0.1) is 0 Å². The van der Waals surface area contributed by atoms with E-state index in [1.54, 1.807) is 0 Å². The molecule has 0 radical (unpaired) electrons. The molecule has 0 spiro atoms. The lowest BCUT2D eigenvalue weighted by Crippen LogP contribution is -2.38. The fraction of sp³-hybridized carbons (Fsp3) is 0.240. The lowest BCUT2D eigenvalue weighted by Gasteiger charge is -2.23. The number of halogens is 4. The second-order valence-corrected chi connectivity index (χ2v) is 11.5. The van der Waals surface area contributed by atoms with Gasteiger partial charge in [-0.2, -0.15) is 4.31 Å². The summed E-state index contributed by atoms with van der Waals surface area (Å²) in [6.45, 7) is 2.96. The van der Waals surface area contributed by atoms with Crippen LogP contribution in [0.5, 0.6) is 0 Å². The zero-order valence-corrected chi connectivity index (χ0v) is 23.0. The van der Waals surface area contributed by atoms with Crippen molar-refractivity contribution in [2.45, 2.75) is 38.1 Å². The zero-order chi connectivity index (χ0) is 25.8. The normalized spacial score (nSPS) is 11.6. The van der Waals surface area contributed by atoms with Crippen molar-refractivity contribution in [1.29, 1.82) is 0 Å². The molecule has 0 saturated carbocycles. The maximum atomic E-state index is 14.5. The highest BCUT2D eigenvalue weighted by Crippen LogP contribution is 2.29. The standard InChI is InChI=1S/C25H24BrCl2FN2O3S/c1-3-16-12-18(26)13-17(4-2)25(16)30-24(32)15-31(14-21-22(28)6-5-7-23(21)29)35(33,34)20-10-8-19(27)9-11-20/h5-13H,3-4,14-15H2,1-2H3,(H,30,32). The number of carbonyl (C=O) groups excluding carboxylic acids is 1. The minimum absolute atomic E-state index is 0.0216. The molecule has 3 aromatic carbocycles. The van der Waals surface area contributed by atoms with Crippen LogP contribution in [-0.4, -0.2) is 25.2 Å². The first-order valence-electron chi connectivity index (χ1n) is 10.9. The quantitative estimate of drug-likeness (QED) is 0.292. The lowest BCUT2D eigenvalue weighted by atomic mass is 10.0. The number of amides is 1. The molecule has 0 atom stereocenters. The van der Waals surface area contributed by atoms with Crippen molar-refractivity contribution in [3.63, 3.8) is 0 Å². The summed E-state index contributed by atoms with van der Waals surface area (Å²) >= 11 is 15.6. The Morgan fingerprint density at radius 1 is 1.03 bits per heavy atom. The number of benzene rings is 3. The number of aryl methyl sites for hydroxylation is 2. The van der Waals surface area contributed by atoms with Crippen LogP contribution in [-0.2, 0) is 34.2 Å². The average molecular weight is 602 g/mol. The molecule has 0 heterocycles. The third-order valence-corrected chi connectivity index (χ3v) is 8.33. The van der Waals surface area contributed by atoms with Crippen molar-refractivity contribution in [1.82, 2.24) is 4.31 Å². The molecule has 0 saturated heterocycles. The second kappa shape index (κ2) is 11.8. The maximum absolute atomic E-state index is 14.5. The minimum Gasteiger partial charge on any atom is -0.324 e. The highest BCUT2D eigenvalue weighted by Gasteiger charge is 2.29. The Morgan fingerprint density at radius 3 is 2.17 bits per heavy atom. The lowest BCUT2D eigenvalue weighted by molar-refractivity contribution is -0.116. The van der Waals surface area contributed by atoms with Crippen LogP contribution >= 0.6 is 39.1 Å². The van der Waals surface area contributed by atoms with Gasteiger partial charge in [-0.05, 0) is 72.5 Å². The molecule has 0 aliphatic carbocycles. The Morgan fingerprint density at radius 2 is 1.63 bits per heavy atom. The Labute approximate surface area is 223 Å². The van der Waals surface area contributed by atoms with Gasteiger partial charge in [-0.1, -0.05) is 59.0 Å². The number of rotatable bonds is 9. The topological polar surface area (TPSA) is 66.5 Å². The van der Waals surface area contributed by atoms with Crippen LogP contribution in [0.3, 0.4) is 0 Å². The van der Waals surface area contributed by atoms with E-state index in [4.69, 9.17) is 23.2 Å². The molecule has 0 aliphatic rings. The second-order valence-electron chi connectivity index (χ2n) is 7.78. The summed E-state index contributed by atoms with van der Waals surface area (Å²) in [7, 11) is -4.19. The van der Waals surface area contributed by atoms with E-state index < -0.39 is 34.8 Å². The van der Waals surface area contributed by atoms with E-state index in [0.29, 0.717) is 23.6 Å². The first-order valence-corrected chi connectivity index (χ1v) is 13.9. The predicted octanol–water partition coefficient (Wildman–Crippen LogP) is 6.85. The summed E-state index contributed by atoms with van der Waals surface area (Å²) in [5.41, 5.74) is 2.45. The number of hydrogen-bond donors (Lipinski definition) is 1. The van der Waals surface area contributed by atoms with Gasteiger partial charge in [0, 0.05) is 32.3 Å². The van der Waals surface area contributed by atoms with Crippen molar-refractivity contribution in [3.8, 4) is 0 Å². The monoisotopic (exact) mass is 600 g/mol. The third-order valence-electron chi connectivity index (χ3n) is 5.46. The molecule has 0 unspecified atom stereocenters. The maximum Gasteiger partial charge on any atom is 0.243 e. The van der Waals surface area contributed by atoms with E-state index in [9.17, 15) is 17.6 Å². The van der Waals surface area contributed by atoms with Crippen LogP contribution in [0.25, 0.3) is 0 Å². The van der Waals surface area contributed by atoms with Crippen molar-refractivity contribution >= 4 is 60.7 Å². The van der Waals surface area contributed by atoms with Crippen LogP contribution in [0.15, 0.2) is 64.0 Å². The molecule has 0 bridgehead atoms. The summed E-state index contributed by atoms with van der Waals surface area (Å²) in [6.07, 6.45) is 1.33. The van der Waals surface area contributed by atoms with Gasteiger partial charge >= 0.3 is 0 Å². The van der Waals surface area contributed by atoms with Gasteiger partial charge in [-0.25, -0.2) is 12.8 Å². The van der Waals surface area contributed by atoms with Gasteiger partial charge in [0.2, 0.25) is 15.9 Å². The number of sulfonamides is 1. The third kappa shape index (κ3) is 6.62. The summed E-state index contributed by atoms with van der Waals surface area (Å²) in [5, 5.41) is 3.30. The summed E-state index contributed by atoms with van der Waals surface area (Å²) in [4.78, 5) is 13.1. The average Bonchev–Trinajstić information content (AvgIpc) is 2.81. The Kier molecular flexibility index (Phi) is 9.34. The Bertz CT molecular complexity index is 1290. The molecule has 3 rings (SSSR count). The molecule has 0 fully saturated rings. The SMILES string of the molecule is CCc1cc(Br)cc(CC)c1NC(=O)CN(Cc1c(F)cccc1Cl)S(=O)(=O)c1ccc(Cl)cc1. The summed E-state index contributed by atoms with van der Waals surface area (Å²) in [6, 6.07) is 13.5. The highest BCUT2D eigenvalue weighted by atomic mass is 79.9. The molecular formula is C25H24BrCl2FN2O3S. The van der Waals surface area contributed by atoms with Crippen molar-refractivity contribution in [2.75, 3.05) is 11.9 Å². The summed E-state index contributed by atoms with van der Waals surface area (Å²) < 4.78 is 43.3. The zero-order valence-electron chi connectivity index (χ0n) is 19.1. The smallest absolute Gasteiger partial charge is 0.243 e. The molecule has 1 N–H and O–H groups in total. The van der Waals surface area contributed by atoms with Gasteiger partial charge < -0.3 is 5.32 Å². The van der Waals surface area contributed by atoms with Crippen LogP contribution in [0, 0.1) is 5.82 Å². The van der Waals surface area contributed by atoms with E-state index in [1.165, 1.54) is 42.5 Å². The molecule has 10 heteroatoms. The van der Waals surface area contributed by atoms with Crippen molar-refractivity contribution < 1.29 is 17.6 Å². The van der Waals surface area contributed by atoms with Crippen molar-refractivity contribution in [3.05, 3.63) is 91.6 Å². The van der Waals surface area contributed by atoms with Crippen molar-refractivity contribution in [2.24, 2.45) is 0 Å². The number of nitrogens with one attached hydrogen (secondary N) is 1. The number of nitrogens with zero attached hydrogens (tertiary/aromatic N) is 1.